The van der Waals surface area contributed by atoms with E-state index in [9.17, 15) is 0 Å². The second-order valence-electron chi connectivity index (χ2n) is 19.0. The number of ether oxygens (including phenoxy) is 1. The normalized spacial score (nSPS) is 16.0. The number of nitrogens with zero attached hydrogens (tertiary/aromatic N) is 2. The van der Waals surface area contributed by atoms with Gasteiger partial charge in [-0.25, -0.2) is 0 Å². The summed E-state index contributed by atoms with van der Waals surface area (Å²) in [6.45, 7) is 11.8. The predicted molar refractivity (Wildman–Crippen MR) is 255 cm³/mol. The van der Waals surface area contributed by atoms with E-state index in [0.717, 1.165) is 77.8 Å². The van der Waals surface area contributed by atoms with Crippen LogP contribution in [0.2, 0.25) is 0 Å². The molecular formula is C56H49BN2O2. The molecular weight excluding hydrogens is 743 g/mol. The smallest absolute Gasteiger partial charge is 0.337 e. The third-order valence-electron chi connectivity index (χ3n) is 14.3. The number of unbranched alkanes of at least 4 members (excludes halogenated alkanes) is 1. The van der Waals surface area contributed by atoms with Crippen LogP contribution in [0, 0.1) is 0 Å². The first-order chi connectivity index (χ1) is 29.7. The van der Waals surface area contributed by atoms with Gasteiger partial charge in [0.2, 0.25) is 5.88 Å². The molecule has 0 radical (unpaired) electrons. The van der Waals surface area contributed by atoms with Gasteiger partial charge in [0.1, 0.15) is 11.3 Å². The van der Waals surface area contributed by atoms with Crippen LogP contribution in [0.3, 0.4) is 0 Å². The van der Waals surface area contributed by atoms with E-state index >= 15 is 0 Å². The lowest BCUT2D eigenvalue weighted by molar-refractivity contribution is 0.332. The van der Waals surface area contributed by atoms with Crippen molar-refractivity contribution < 1.29 is 9.15 Å². The largest absolute Gasteiger partial charge is 0.453 e. The lowest BCUT2D eigenvalue weighted by Gasteiger charge is -2.46. The van der Waals surface area contributed by atoms with Gasteiger partial charge in [0.25, 0.3) is 0 Å². The van der Waals surface area contributed by atoms with E-state index in [4.69, 9.17) is 9.15 Å². The molecule has 0 amide bonds. The molecule has 7 aromatic carbocycles. The second kappa shape index (κ2) is 13.3. The molecule has 0 bridgehead atoms. The fourth-order valence-corrected chi connectivity index (χ4v) is 11.0. The topological polar surface area (TPSA) is 28.9 Å². The van der Waals surface area contributed by atoms with Gasteiger partial charge >= 0.3 is 6.85 Å². The van der Waals surface area contributed by atoms with Crippen LogP contribution in [-0.2, 0) is 17.3 Å². The fourth-order valence-electron chi connectivity index (χ4n) is 11.0. The van der Waals surface area contributed by atoms with Gasteiger partial charge in [-0.15, -0.1) is 0 Å². The summed E-state index contributed by atoms with van der Waals surface area (Å²) >= 11 is 0. The highest BCUT2D eigenvalue weighted by Crippen LogP contribution is 2.57. The van der Waals surface area contributed by atoms with Crippen molar-refractivity contribution in [3.05, 3.63) is 162 Å². The Balaban J connectivity index is 1.24. The van der Waals surface area contributed by atoms with Crippen LogP contribution in [0.4, 0.5) is 28.6 Å². The van der Waals surface area contributed by atoms with Crippen LogP contribution >= 0.6 is 0 Å². The zero-order chi connectivity index (χ0) is 41.2. The lowest BCUT2D eigenvalue weighted by atomic mass is 9.43. The van der Waals surface area contributed by atoms with Crippen molar-refractivity contribution in [2.75, 3.05) is 9.71 Å². The van der Waals surface area contributed by atoms with Gasteiger partial charge in [0, 0.05) is 27.7 Å². The van der Waals surface area contributed by atoms with Crippen LogP contribution in [0.15, 0.2) is 150 Å². The minimum absolute atomic E-state index is 0.0257. The van der Waals surface area contributed by atoms with Crippen molar-refractivity contribution in [2.24, 2.45) is 0 Å². The Morgan fingerprint density at radius 2 is 1.28 bits per heavy atom. The first kappa shape index (κ1) is 36.4. The maximum atomic E-state index is 7.55. The molecule has 1 aromatic heterocycles. The zero-order valence-corrected chi connectivity index (χ0v) is 35.7. The lowest BCUT2D eigenvalue weighted by Crippen LogP contribution is -2.61. The molecule has 0 atom stereocenters. The van der Waals surface area contributed by atoms with E-state index in [1.807, 2.05) is 0 Å². The summed E-state index contributed by atoms with van der Waals surface area (Å²) < 4.78 is 14.4. The highest BCUT2D eigenvalue weighted by atomic mass is 16.5. The molecule has 12 rings (SSSR count). The molecule has 61 heavy (non-hydrogen) atoms. The quantitative estimate of drug-likeness (QED) is 0.157. The van der Waals surface area contributed by atoms with E-state index in [-0.39, 0.29) is 17.7 Å². The molecule has 0 fully saturated rings. The van der Waals surface area contributed by atoms with Gasteiger partial charge in [-0.05, 0) is 136 Å². The molecule has 1 aliphatic carbocycles. The average molecular weight is 793 g/mol. The van der Waals surface area contributed by atoms with Crippen LogP contribution in [-0.4, -0.2) is 6.85 Å². The molecule has 0 N–H and O–H groups in total. The van der Waals surface area contributed by atoms with E-state index in [1.54, 1.807) is 0 Å². The maximum absolute atomic E-state index is 7.55. The fraction of sp³-hybridized carbons (Fsp3) is 0.214. The summed E-state index contributed by atoms with van der Waals surface area (Å²) in [5, 5.41) is 1.18. The number of aryl methyl sites for hydroxylation is 1. The third-order valence-corrected chi connectivity index (χ3v) is 14.3. The maximum Gasteiger partial charge on any atom is 0.337 e. The van der Waals surface area contributed by atoms with Gasteiger partial charge in [0.15, 0.2) is 5.75 Å². The van der Waals surface area contributed by atoms with E-state index in [1.165, 1.54) is 66.4 Å². The number of rotatable bonds is 6. The molecule has 4 nitrogen and oxygen atoms in total. The van der Waals surface area contributed by atoms with Crippen LogP contribution in [0.5, 0.6) is 11.5 Å². The molecule has 0 saturated heterocycles. The predicted octanol–water partition coefficient (Wildman–Crippen LogP) is 14.3. The van der Waals surface area contributed by atoms with E-state index < -0.39 is 0 Å². The Morgan fingerprint density at radius 3 is 2.05 bits per heavy atom. The molecule has 5 heteroatoms. The van der Waals surface area contributed by atoms with Gasteiger partial charge in [-0.3, -0.25) is 4.90 Å². The first-order valence-electron chi connectivity index (χ1n) is 22.2. The van der Waals surface area contributed by atoms with Crippen LogP contribution < -0.4 is 25.4 Å². The van der Waals surface area contributed by atoms with Crippen LogP contribution in [0.1, 0.15) is 77.0 Å². The zero-order valence-electron chi connectivity index (χ0n) is 35.7. The summed E-state index contributed by atoms with van der Waals surface area (Å²) in [6, 6.07) is 53.8. The highest BCUT2D eigenvalue weighted by Gasteiger charge is 2.51. The number of benzene rings is 7. The number of anilines is 5. The molecule has 4 heterocycles. The average Bonchev–Trinajstić information content (AvgIpc) is 3.66. The number of hydrogen-bond donors (Lipinski definition) is 0. The van der Waals surface area contributed by atoms with Gasteiger partial charge in [0.05, 0.1) is 17.1 Å². The summed E-state index contributed by atoms with van der Waals surface area (Å²) in [5.74, 6) is 2.62. The van der Waals surface area contributed by atoms with Crippen LogP contribution in [0.25, 0.3) is 44.3 Å². The first-order valence-corrected chi connectivity index (χ1v) is 22.2. The molecule has 0 saturated carbocycles. The van der Waals surface area contributed by atoms with E-state index in [2.05, 4.69) is 190 Å². The van der Waals surface area contributed by atoms with Gasteiger partial charge in [-0.1, -0.05) is 132 Å². The van der Waals surface area contributed by atoms with Gasteiger partial charge in [-0.2, -0.15) is 0 Å². The number of para-hydroxylation sites is 3. The van der Waals surface area contributed by atoms with Crippen molar-refractivity contribution in [1.29, 1.82) is 0 Å². The highest BCUT2D eigenvalue weighted by molar-refractivity contribution is 6.95. The summed E-state index contributed by atoms with van der Waals surface area (Å²) in [7, 11) is 0. The Bertz CT molecular complexity index is 3070. The molecule has 0 unspecified atom stereocenters. The Kier molecular flexibility index (Phi) is 7.92. The molecule has 0 spiro atoms. The van der Waals surface area contributed by atoms with E-state index in [0.29, 0.717) is 0 Å². The second-order valence-corrected chi connectivity index (χ2v) is 19.0. The molecule has 4 aliphatic rings. The number of furan rings is 1. The monoisotopic (exact) mass is 792 g/mol. The molecule has 8 aromatic rings. The summed E-state index contributed by atoms with van der Waals surface area (Å²) in [5.41, 5.74) is 19.2. The minimum Gasteiger partial charge on any atom is -0.453 e. The van der Waals surface area contributed by atoms with Crippen molar-refractivity contribution in [1.82, 2.24) is 0 Å². The molecule has 3 aliphatic heterocycles. The number of hydrogen-bond acceptors (Lipinski definition) is 4. The SMILES string of the molecule is CCCCc1ccc(N2c3cc(-c4ccccc4)cc4c3B(c3c2oc2cc5c(cc32)C(C)(C)CCC5(C)C)N2c3ccccc3Oc3cccc-4c32)c(-c2ccccc2)c1. The van der Waals surface area contributed by atoms with Crippen molar-refractivity contribution >= 4 is 57.4 Å². The molecule has 298 valence electrons. The Morgan fingerprint density at radius 1 is 0.574 bits per heavy atom. The summed E-state index contributed by atoms with van der Waals surface area (Å²) in [4.78, 5) is 5.06. The summed E-state index contributed by atoms with van der Waals surface area (Å²) in [6.07, 6.45) is 5.63. The minimum atomic E-state index is -0.192. The standard InChI is InChI=1S/C56H49BN2O2/c1-6-7-17-35-26-27-45(40(30-35)37-20-12-9-13-21-37)58-47-32-38(36-18-10-8-11-19-36)31-41-39-22-16-25-49-53(39)59(46-23-14-15-24-48(46)60-49)57(51(41)47)52-42-33-43-44(34-50(42)61-54(52)58)56(4,5)29-28-55(43,2)3/h8-16,18-27,30-34H,6-7,17,28-29H2,1-5H3. The third kappa shape index (κ3) is 5.38. The van der Waals surface area contributed by atoms with Gasteiger partial charge < -0.3 is 14.0 Å². The van der Waals surface area contributed by atoms with Crippen molar-refractivity contribution in [3.8, 4) is 44.9 Å². The Hall–Kier alpha value is -6.46. The van der Waals surface area contributed by atoms with Crippen molar-refractivity contribution in [2.45, 2.75) is 77.6 Å². The Labute approximate surface area is 359 Å². The van der Waals surface area contributed by atoms with Crippen molar-refractivity contribution in [3.63, 3.8) is 0 Å². The number of fused-ring (bicyclic) bond motifs is 9.